The number of aliphatic hydroxyl groups excluding tert-OH is 2. The molecular weight excluding hydrogens is 772 g/mol. The molecule has 0 aromatic rings. The number of quaternary nitrogens is 1. The van der Waals surface area contributed by atoms with Crippen LogP contribution in [0.15, 0.2) is 0 Å². The molecule has 0 aromatic heterocycles. The maximum absolute atomic E-state index is 11.4. The second kappa shape index (κ2) is 24.2. The molecule has 3 saturated carbocycles. The molecule has 0 spiro atoms. The summed E-state index contributed by atoms with van der Waals surface area (Å²) in [6.07, 6.45) is 17.3. The third kappa shape index (κ3) is 24.2. The van der Waals surface area contributed by atoms with E-state index in [1.807, 2.05) is 0 Å². The molecule has 14 heteroatoms. The van der Waals surface area contributed by atoms with E-state index in [4.69, 9.17) is 40.9 Å². The fourth-order valence-corrected chi connectivity index (χ4v) is 6.05. The van der Waals surface area contributed by atoms with Crippen molar-refractivity contribution in [1.82, 2.24) is 0 Å². The van der Waals surface area contributed by atoms with Crippen LogP contribution in [-0.4, -0.2) is 87.7 Å². The molecule has 12 nitrogen and oxygen atoms in total. The van der Waals surface area contributed by atoms with Crippen LogP contribution in [-0.2, 0) is 30.4 Å². The molecule has 0 amide bonds. The molecule has 44 heavy (non-hydrogen) atoms. The quantitative estimate of drug-likeness (QED) is 0.0844. The molecule has 0 aromatic carbocycles. The summed E-state index contributed by atoms with van der Waals surface area (Å²) >= 11 is 0. The monoisotopic (exact) mass is 834 g/mol. The summed E-state index contributed by atoms with van der Waals surface area (Å²) in [5.41, 5.74) is 9.33. The molecule has 0 saturated heterocycles. The summed E-state index contributed by atoms with van der Waals surface area (Å²) in [7, 11) is -0.579. The van der Waals surface area contributed by atoms with Crippen molar-refractivity contribution < 1.29 is 70.0 Å². The fourth-order valence-electron chi connectivity index (χ4n) is 6.05. The normalized spacial score (nSPS) is 24.9. The summed E-state index contributed by atoms with van der Waals surface area (Å²) in [6.45, 7) is 4.57. The van der Waals surface area contributed by atoms with Crippen LogP contribution in [0.5, 0.6) is 0 Å². The molecule has 3 aliphatic carbocycles. The molecule has 3 aliphatic rings. The first kappa shape index (κ1) is 46.1. The van der Waals surface area contributed by atoms with Crippen molar-refractivity contribution >= 4 is 13.8 Å². The molecule has 0 bridgehead atoms. The number of hydrogen-bond donors (Lipinski definition) is 6. The van der Waals surface area contributed by atoms with Gasteiger partial charge in [0.25, 0.3) is 0 Å². The second-order valence-corrected chi connectivity index (χ2v) is 14.3. The van der Waals surface area contributed by atoms with Gasteiger partial charge in [-0.25, -0.2) is 0 Å². The van der Waals surface area contributed by atoms with E-state index in [-0.39, 0.29) is 51.3 Å². The minimum absolute atomic E-state index is 0. The topological polar surface area (TPSA) is 236 Å². The largest absolute Gasteiger partial charge is 2.00 e. The number of unbranched alkanes of at least 4 members (excludes halogenated alkanes) is 5. The van der Waals surface area contributed by atoms with Crippen LogP contribution in [0, 0.1) is 5.92 Å². The molecule has 5 unspecified atom stereocenters. The van der Waals surface area contributed by atoms with Crippen molar-refractivity contribution in [2.24, 2.45) is 17.4 Å². The van der Waals surface area contributed by atoms with Crippen LogP contribution in [0.2, 0.25) is 0 Å². The van der Waals surface area contributed by atoms with Gasteiger partial charge in [0.15, 0.2) is 0 Å². The molecule has 0 heterocycles. The Hall–Kier alpha value is 0.0283. The first-order chi connectivity index (χ1) is 19.9. The van der Waals surface area contributed by atoms with E-state index in [1.54, 1.807) is 0 Å². The van der Waals surface area contributed by atoms with Crippen LogP contribution < -0.4 is 26.4 Å². The molecule has 8 N–H and O–H groups in total. The average Bonchev–Trinajstić information content (AvgIpc) is 3.64. The van der Waals surface area contributed by atoms with Crippen molar-refractivity contribution in [3.8, 4) is 0 Å². The van der Waals surface area contributed by atoms with Crippen LogP contribution in [0.3, 0.4) is 0 Å². The third-order valence-electron chi connectivity index (χ3n) is 8.71. The minimum Gasteiger partial charge on any atom is -0.790 e. The zero-order chi connectivity index (χ0) is 33.1. The predicted octanol–water partition coefficient (Wildman–Crippen LogP) is 0.397. The number of nitrogens with two attached hydrogens (primary N) is 2. The number of nitrogens with zero attached hydrogens (tertiary/aromatic N) is 1. The van der Waals surface area contributed by atoms with Crippen molar-refractivity contribution in [1.29, 1.82) is 0 Å². The van der Waals surface area contributed by atoms with E-state index in [1.165, 1.54) is 32.2 Å². The van der Waals surface area contributed by atoms with Crippen LogP contribution in [0.4, 0.5) is 0 Å². The van der Waals surface area contributed by atoms with E-state index in [0.717, 1.165) is 94.5 Å². The van der Waals surface area contributed by atoms with E-state index in [0.29, 0.717) is 6.42 Å². The molecule has 266 valence electrons. The average molecular weight is 835 g/mol. The Morgan fingerprint density at radius 3 is 1.55 bits per heavy atom. The zero-order valence-corrected chi connectivity index (χ0v) is 30.4. The predicted molar refractivity (Wildman–Crippen MR) is 162 cm³/mol. The first-order valence-corrected chi connectivity index (χ1v) is 17.8. The van der Waals surface area contributed by atoms with Gasteiger partial charge < -0.3 is 60.4 Å². The van der Waals surface area contributed by atoms with Gasteiger partial charge in [-0.15, -0.1) is 0 Å². The third-order valence-corrected chi connectivity index (χ3v) is 8.71. The summed E-state index contributed by atoms with van der Waals surface area (Å²) in [5.74, 6) is -1.37. The van der Waals surface area contributed by atoms with Crippen molar-refractivity contribution in [3.05, 3.63) is 0 Å². The van der Waals surface area contributed by atoms with E-state index >= 15 is 0 Å². The van der Waals surface area contributed by atoms with Crippen molar-refractivity contribution in [2.75, 3.05) is 27.2 Å². The number of carbonyl (C=O) groups is 1. The van der Waals surface area contributed by atoms with Crippen molar-refractivity contribution in [3.63, 3.8) is 0 Å². The summed E-state index contributed by atoms with van der Waals surface area (Å²) in [4.78, 5) is 35.7. The number of carbonyl (C=O) groups excluding carboxylic acids is 1. The Labute approximate surface area is 280 Å². The van der Waals surface area contributed by atoms with Gasteiger partial charge in [-0.1, -0.05) is 32.6 Å². The van der Waals surface area contributed by atoms with Crippen LogP contribution >= 0.6 is 7.82 Å². The van der Waals surface area contributed by atoms with E-state index in [9.17, 15) is 15.0 Å². The van der Waals surface area contributed by atoms with Gasteiger partial charge >= 0.3 is 21.1 Å². The Bertz CT molecular complexity index is 745. The summed E-state index contributed by atoms with van der Waals surface area (Å²) in [5, 5.41) is 39.6. The number of aliphatic carboxylic acids is 1. The molecule has 3 fully saturated rings. The maximum atomic E-state index is 11.4. The number of phosphoric acid groups is 1. The van der Waals surface area contributed by atoms with E-state index in [2.05, 4.69) is 21.0 Å². The molecule has 0 aliphatic heterocycles. The number of rotatable bonds is 13. The first-order valence-electron chi connectivity index (χ1n) is 16.3. The Morgan fingerprint density at radius 2 is 1.25 bits per heavy atom. The Kier molecular flexibility index (Phi) is 25.4. The Morgan fingerprint density at radius 1 is 0.841 bits per heavy atom. The number of carboxylic acid groups (broad SMARTS) is 1. The fraction of sp³-hybridized carbons (Fsp3) is 0.967. The van der Waals surface area contributed by atoms with Gasteiger partial charge in [0.05, 0.1) is 53.2 Å². The summed E-state index contributed by atoms with van der Waals surface area (Å²) in [6, 6.07) is 0.546. The smallest absolute Gasteiger partial charge is 0.790 e. The van der Waals surface area contributed by atoms with Gasteiger partial charge in [-0.2, -0.15) is 0 Å². The Balaban J connectivity index is 0. The van der Waals surface area contributed by atoms with Gasteiger partial charge in [0, 0.05) is 12.1 Å². The maximum Gasteiger partial charge on any atom is 2.00 e. The molecular formula is C30H62N3O9PPt. The molecule has 0 radical (unpaired) electrons. The summed E-state index contributed by atoms with van der Waals surface area (Å²) < 4.78 is 9.70. The van der Waals surface area contributed by atoms with Gasteiger partial charge in [0.1, 0.15) is 5.60 Å². The standard InChI is InChI=1S/C20H39NO3.2C5H11NO.H3O4P.Pt/c1-4-5-6-11-16-21(2,3)17-12-7-10-15-20(24,19(22)23)18-13-8-9-14-18;2*6-4-1-2-5(7)3-4;1-5(2,3)4;/h18,24H,4-17H2,1-3H3;2*4-5,7H,1-3,6H2;(H3,1,2,3,4);/q;;;;+2/p-2. The minimum atomic E-state index is -5.14. The number of carboxylic acids is 1. The zero-order valence-electron chi connectivity index (χ0n) is 27.2. The van der Waals surface area contributed by atoms with Crippen molar-refractivity contribution in [2.45, 2.75) is 152 Å². The van der Waals surface area contributed by atoms with E-state index < -0.39 is 19.4 Å². The number of aliphatic hydroxyl groups is 3. The van der Waals surface area contributed by atoms with Crippen LogP contribution in [0.1, 0.15) is 122 Å². The van der Waals surface area contributed by atoms with Gasteiger partial charge in [-0.3, -0.25) is 0 Å². The molecule has 5 atom stereocenters. The van der Waals surface area contributed by atoms with Gasteiger partial charge in [0.2, 0.25) is 0 Å². The number of hydrogen-bond acceptors (Lipinski definition) is 10. The SMILES string of the molecule is CCCCCC[N+](C)(C)CCCCCC(O)(C(=O)[O-])C1CCCC1.NC1CCC(O)C1.NC1CCC(O)C1.O=P([O-])([O-])O.[Pt+2]. The van der Waals surface area contributed by atoms with Gasteiger partial charge in [-0.05, 0) is 95.8 Å². The second-order valence-electron chi connectivity index (χ2n) is 13.4. The molecule has 3 rings (SSSR count). The van der Waals surface area contributed by atoms with Crippen LogP contribution in [0.25, 0.3) is 0 Å².